The smallest absolute Gasteiger partial charge is 0.240 e. The van der Waals surface area contributed by atoms with Gasteiger partial charge in [0, 0.05) is 29.6 Å². The lowest BCUT2D eigenvalue weighted by Gasteiger charge is -2.19. The molecule has 3 aromatic carbocycles. The average Bonchev–Trinajstić information content (AvgIpc) is 3.18. The van der Waals surface area contributed by atoms with Gasteiger partial charge in [0.1, 0.15) is 11.6 Å². The van der Waals surface area contributed by atoms with Crippen LogP contribution in [-0.4, -0.2) is 27.1 Å². The van der Waals surface area contributed by atoms with Crippen LogP contribution in [0.15, 0.2) is 83.9 Å². The van der Waals surface area contributed by atoms with Crippen LogP contribution in [0.2, 0.25) is 0 Å². The van der Waals surface area contributed by atoms with E-state index in [0.29, 0.717) is 0 Å². The molecule has 4 aromatic rings. The summed E-state index contributed by atoms with van der Waals surface area (Å²) in [7, 11) is -2.27. The lowest BCUT2D eigenvalue weighted by molar-refractivity contribution is 0.414. The van der Waals surface area contributed by atoms with Gasteiger partial charge in [-0.05, 0) is 47.5 Å². The molecule has 4 rings (SSSR count). The van der Waals surface area contributed by atoms with E-state index >= 15 is 0 Å². The Morgan fingerprint density at radius 1 is 1.03 bits per heavy atom. The van der Waals surface area contributed by atoms with Gasteiger partial charge in [-0.3, -0.25) is 0 Å². The van der Waals surface area contributed by atoms with E-state index in [9.17, 15) is 12.8 Å². The van der Waals surface area contributed by atoms with Crippen molar-refractivity contribution in [2.75, 3.05) is 13.7 Å². The first kappa shape index (κ1) is 20.1. The number of halogens is 1. The van der Waals surface area contributed by atoms with Gasteiger partial charge in [-0.15, -0.1) is 0 Å². The van der Waals surface area contributed by atoms with E-state index < -0.39 is 15.8 Å². The van der Waals surface area contributed by atoms with Gasteiger partial charge in [0.25, 0.3) is 0 Å². The largest absolute Gasteiger partial charge is 0.497 e. The van der Waals surface area contributed by atoms with Crippen molar-refractivity contribution in [3.63, 3.8) is 0 Å². The van der Waals surface area contributed by atoms with Crippen molar-refractivity contribution in [2.24, 2.45) is 0 Å². The van der Waals surface area contributed by atoms with Gasteiger partial charge in [-0.1, -0.05) is 36.4 Å². The van der Waals surface area contributed by atoms with Crippen LogP contribution in [0.3, 0.4) is 0 Å². The van der Waals surface area contributed by atoms with Crippen LogP contribution in [-0.2, 0) is 10.0 Å². The number of benzene rings is 3. The predicted octanol–water partition coefficient (Wildman–Crippen LogP) is 4.43. The van der Waals surface area contributed by atoms with Crippen LogP contribution in [0.4, 0.5) is 4.39 Å². The number of aromatic nitrogens is 1. The zero-order valence-corrected chi connectivity index (χ0v) is 17.1. The number of sulfonamides is 1. The number of ether oxygens (including phenoxy) is 1. The Morgan fingerprint density at radius 2 is 1.80 bits per heavy atom. The standard InChI is InChI=1S/C23H21FN2O3S/c1-29-18-11-9-16(10-12-18)21(22-14-25-23-8-3-2-7-20(22)23)15-26-30(27,28)19-6-4-5-17(24)13-19/h2-14,21,25-26H,15H2,1H3/t21-/m0/s1. The summed E-state index contributed by atoms with van der Waals surface area (Å²) in [4.78, 5) is 3.14. The summed E-state index contributed by atoms with van der Waals surface area (Å²) >= 11 is 0. The van der Waals surface area contributed by atoms with Crippen LogP contribution in [0.25, 0.3) is 10.9 Å². The Hall–Kier alpha value is -3.16. The second-order valence-electron chi connectivity index (χ2n) is 6.92. The zero-order valence-electron chi connectivity index (χ0n) is 16.3. The quantitative estimate of drug-likeness (QED) is 0.461. The van der Waals surface area contributed by atoms with Gasteiger partial charge in [0.2, 0.25) is 10.0 Å². The maximum Gasteiger partial charge on any atom is 0.240 e. The summed E-state index contributed by atoms with van der Waals surface area (Å²) in [6.07, 6.45) is 1.90. The minimum atomic E-state index is -3.87. The molecule has 0 saturated carbocycles. The molecule has 0 aliphatic rings. The number of aromatic amines is 1. The molecule has 0 bridgehead atoms. The lowest BCUT2D eigenvalue weighted by Crippen LogP contribution is -2.29. The Morgan fingerprint density at radius 3 is 2.53 bits per heavy atom. The Kier molecular flexibility index (Phi) is 5.57. The number of nitrogens with one attached hydrogen (secondary N) is 2. The maximum atomic E-state index is 13.5. The third-order valence-electron chi connectivity index (χ3n) is 5.10. The van der Waals surface area contributed by atoms with E-state index in [0.717, 1.165) is 33.8 Å². The van der Waals surface area contributed by atoms with Crippen LogP contribution in [0, 0.1) is 5.82 Å². The molecule has 0 aliphatic heterocycles. The van der Waals surface area contributed by atoms with Gasteiger partial charge in [-0.2, -0.15) is 0 Å². The Balaban J connectivity index is 1.70. The summed E-state index contributed by atoms with van der Waals surface area (Å²) in [5, 5.41) is 1.02. The summed E-state index contributed by atoms with van der Waals surface area (Å²) in [5.74, 6) is -0.131. The molecule has 7 heteroatoms. The third-order valence-corrected chi connectivity index (χ3v) is 6.52. The molecular formula is C23H21FN2O3S. The Labute approximate surface area is 174 Å². The molecule has 1 heterocycles. The summed E-state index contributed by atoms with van der Waals surface area (Å²) in [6.45, 7) is 0.118. The first-order valence-corrected chi connectivity index (χ1v) is 10.9. The van der Waals surface area contributed by atoms with Gasteiger partial charge < -0.3 is 9.72 Å². The molecular weight excluding hydrogens is 403 g/mol. The molecule has 0 aliphatic carbocycles. The summed E-state index contributed by atoms with van der Waals surface area (Å²) in [5.41, 5.74) is 2.87. The highest BCUT2D eigenvalue weighted by Crippen LogP contribution is 2.31. The summed E-state index contributed by atoms with van der Waals surface area (Å²) < 4.78 is 46.9. The molecule has 0 unspecified atom stereocenters. The molecule has 0 radical (unpaired) electrons. The van der Waals surface area contributed by atoms with Crippen LogP contribution in [0.1, 0.15) is 17.0 Å². The van der Waals surface area contributed by atoms with Crippen molar-refractivity contribution in [3.05, 3.63) is 95.9 Å². The van der Waals surface area contributed by atoms with Crippen molar-refractivity contribution in [3.8, 4) is 5.75 Å². The second kappa shape index (κ2) is 8.30. The Bertz CT molecular complexity index is 1270. The molecule has 1 aromatic heterocycles. The van der Waals surface area contributed by atoms with Gasteiger partial charge >= 0.3 is 0 Å². The fraction of sp³-hybridized carbons (Fsp3) is 0.130. The number of H-pyrrole nitrogens is 1. The fourth-order valence-corrected chi connectivity index (χ4v) is 4.61. The van der Waals surface area contributed by atoms with E-state index in [2.05, 4.69) is 9.71 Å². The highest BCUT2D eigenvalue weighted by atomic mass is 32.2. The van der Waals surface area contributed by atoms with Crippen LogP contribution < -0.4 is 9.46 Å². The maximum absolute atomic E-state index is 13.5. The zero-order chi connectivity index (χ0) is 21.1. The lowest BCUT2D eigenvalue weighted by atomic mass is 9.91. The number of methoxy groups -OCH3 is 1. The SMILES string of the molecule is COc1ccc([C@H](CNS(=O)(=O)c2cccc(F)c2)c2c[nH]c3ccccc23)cc1. The number of rotatable bonds is 7. The molecule has 1 atom stereocenters. The average molecular weight is 424 g/mol. The molecule has 0 amide bonds. The molecule has 154 valence electrons. The first-order valence-electron chi connectivity index (χ1n) is 9.43. The topological polar surface area (TPSA) is 71.2 Å². The van der Waals surface area contributed by atoms with Crippen LogP contribution in [0.5, 0.6) is 5.75 Å². The van der Waals surface area contributed by atoms with Gasteiger partial charge in [0.15, 0.2) is 0 Å². The second-order valence-corrected chi connectivity index (χ2v) is 8.69. The normalized spacial score (nSPS) is 12.7. The molecule has 0 saturated heterocycles. The van der Waals surface area contributed by atoms with E-state index in [1.165, 1.54) is 18.2 Å². The van der Waals surface area contributed by atoms with Crippen molar-refractivity contribution < 1.29 is 17.5 Å². The van der Waals surface area contributed by atoms with E-state index in [-0.39, 0.29) is 17.4 Å². The molecule has 0 spiro atoms. The van der Waals surface area contributed by atoms with E-state index in [1.807, 2.05) is 54.7 Å². The van der Waals surface area contributed by atoms with Gasteiger partial charge in [0.05, 0.1) is 12.0 Å². The number of hydrogen-bond acceptors (Lipinski definition) is 3. The number of fused-ring (bicyclic) bond motifs is 1. The summed E-state index contributed by atoms with van der Waals surface area (Å²) in [6, 6.07) is 20.4. The third kappa shape index (κ3) is 4.08. The van der Waals surface area contributed by atoms with E-state index in [1.54, 1.807) is 7.11 Å². The van der Waals surface area contributed by atoms with E-state index in [4.69, 9.17) is 4.74 Å². The van der Waals surface area contributed by atoms with Gasteiger partial charge in [-0.25, -0.2) is 17.5 Å². The monoisotopic (exact) mass is 424 g/mol. The minimum absolute atomic E-state index is 0.102. The molecule has 5 nitrogen and oxygen atoms in total. The number of hydrogen-bond donors (Lipinski definition) is 2. The molecule has 0 fully saturated rings. The fourth-order valence-electron chi connectivity index (χ4n) is 3.54. The highest BCUT2D eigenvalue weighted by molar-refractivity contribution is 7.89. The predicted molar refractivity (Wildman–Crippen MR) is 115 cm³/mol. The van der Waals surface area contributed by atoms with Crippen molar-refractivity contribution in [1.82, 2.24) is 9.71 Å². The molecule has 30 heavy (non-hydrogen) atoms. The van der Waals surface area contributed by atoms with Crippen molar-refractivity contribution in [1.29, 1.82) is 0 Å². The minimum Gasteiger partial charge on any atom is -0.497 e. The number of para-hydroxylation sites is 1. The van der Waals surface area contributed by atoms with Crippen molar-refractivity contribution in [2.45, 2.75) is 10.8 Å². The highest BCUT2D eigenvalue weighted by Gasteiger charge is 2.22. The first-order chi connectivity index (χ1) is 14.5. The van der Waals surface area contributed by atoms with Crippen LogP contribution >= 0.6 is 0 Å². The van der Waals surface area contributed by atoms with Crippen molar-refractivity contribution >= 4 is 20.9 Å². The molecule has 2 N–H and O–H groups in total.